The Hall–Kier alpha value is -1.88. The van der Waals surface area contributed by atoms with Gasteiger partial charge >= 0.3 is 5.97 Å². The lowest BCUT2D eigenvalue weighted by Crippen LogP contribution is -2.65. The molecule has 2 aliphatic heterocycles. The Morgan fingerprint density at radius 1 is 1.31 bits per heavy atom. The van der Waals surface area contributed by atoms with Crippen LogP contribution >= 0.6 is 0 Å². The highest BCUT2D eigenvalue weighted by atomic mass is 16.6. The van der Waals surface area contributed by atoms with Crippen molar-refractivity contribution in [3.63, 3.8) is 0 Å². The minimum absolute atomic E-state index is 0.201. The number of nitrogens with zero attached hydrogens (tertiary/aromatic N) is 1. The van der Waals surface area contributed by atoms with Gasteiger partial charge in [-0.1, -0.05) is 32.3 Å². The number of benzene rings is 1. The van der Waals surface area contributed by atoms with Gasteiger partial charge in [0, 0.05) is 29.9 Å². The lowest BCUT2D eigenvalue weighted by Gasteiger charge is -2.57. The maximum atomic E-state index is 12.9. The summed E-state index contributed by atoms with van der Waals surface area (Å²) in [7, 11) is 2.21. The molecule has 4 aliphatic rings. The maximum absolute atomic E-state index is 12.9. The number of esters is 1. The third kappa shape index (κ3) is 2.77. The van der Waals surface area contributed by atoms with Crippen molar-refractivity contribution in [2.75, 3.05) is 13.6 Å². The monoisotopic (exact) mass is 397 g/mol. The van der Waals surface area contributed by atoms with E-state index < -0.39 is 6.10 Å². The van der Waals surface area contributed by atoms with E-state index in [1.807, 2.05) is 6.07 Å². The van der Waals surface area contributed by atoms with Gasteiger partial charge in [0.15, 0.2) is 23.4 Å². The molecule has 29 heavy (non-hydrogen) atoms. The molecule has 1 aromatic carbocycles. The molecule has 1 unspecified atom stereocenters. The van der Waals surface area contributed by atoms with Crippen LogP contribution in [0.5, 0.6) is 11.5 Å². The smallest absolute Gasteiger partial charge is 0.311 e. The second kappa shape index (κ2) is 7.12. The van der Waals surface area contributed by atoms with Gasteiger partial charge in [0.05, 0.1) is 0 Å². The summed E-state index contributed by atoms with van der Waals surface area (Å²) in [5, 5.41) is 0. The molecule has 2 heterocycles. The fraction of sp³-hybridized carbons (Fsp3) is 0.667. The van der Waals surface area contributed by atoms with E-state index in [9.17, 15) is 9.59 Å². The number of hydrogen-bond acceptors (Lipinski definition) is 5. The molecule has 4 atom stereocenters. The van der Waals surface area contributed by atoms with Crippen molar-refractivity contribution in [1.29, 1.82) is 0 Å². The van der Waals surface area contributed by atoms with E-state index in [4.69, 9.17) is 9.47 Å². The third-order valence-corrected chi connectivity index (χ3v) is 7.83. The van der Waals surface area contributed by atoms with E-state index >= 15 is 0 Å². The van der Waals surface area contributed by atoms with E-state index in [2.05, 4.69) is 24.9 Å². The lowest BCUT2D eigenvalue weighted by molar-refractivity contribution is -0.138. The van der Waals surface area contributed by atoms with E-state index in [0.717, 1.165) is 51.5 Å². The first kappa shape index (κ1) is 19.1. The quantitative estimate of drug-likeness (QED) is 0.415. The van der Waals surface area contributed by atoms with Crippen LogP contribution in [-0.2, 0) is 21.4 Å². The maximum Gasteiger partial charge on any atom is 0.311 e. The molecular weight excluding hydrogens is 366 g/mol. The molecule has 1 aromatic rings. The van der Waals surface area contributed by atoms with Crippen molar-refractivity contribution in [3.05, 3.63) is 23.3 Å². The average Bonchev–Trinajstić information content (AvgIpc) is 3.06. The lowest BCUT2D eigenvalue weighted by atomic mass is 9.52. The van der Waals surface area contributed by atoms with Gasteiger partial charge in [-0.25, -0.2) is 0 Å². The van der Waals surface area contributed by atoms with Crippen molar-refractivity contribution < 1.29 is 19.1 Å². The molecule has 1 spiro atoms. The van der Waals surface area contributed by atoms with Crippen molar-refractivity contribution in [2.24, 2.45) is 5.92 Å². The molecule has 0 amide bonds. The zero-order chi connectivity index (χ0) is 20.2. The second-order valence-corrected chi connectivity index (χ2v) is 9.36. The van der Waals surface area contributed by atoms with Gasteiger partial charge in [-0.3, -0.25) is 9.59 Å². The van der Waals surface area contributed by atoms with Crippen LogP contribution in [-0.4, -0.2) is 42.4 Å². The van der Waals surface area contributed by atoms with Crippen molar-refractivity contribution >= 4 is 11.8 Å². The number of likely N-dealkylation sites (N-methyl/N-ethyl adjacent to an activating group) is 1. The average molecular weight is 398 g/mol. The molecule has 1 saturated heterocycles. The Morgan fingerprint density at radius 2 is 2.17 bits per heavy atom. The predicted molar refractivity (Wildman–Crippen MR) is 109 cm³/mol. The van der Waals surface area contributed by atoms with Gasteiger partial charge < -0.3 is 14.4 Å². The number of Topliss-reactive ketones (excluding diaryl/α,β-unsaturated/α-hetero) is 1. The van der Waals surface area contributed by atoms with Crippen LogP contribution in [0.1, 0.15) is 69.4 Å². The number of ether oxygens (including phenoxy) is 2. The Balaban J connectivity index is 1.48. The highest BCUT2D eigenvalue weighted by Gasteiger charge is 2.65. The Labute approximate surface area is 172 Å². The second-order valence-electron chi connectivity index (χ2n) is 9.36. The van der Waals surface area contributed by atoms with Crippen LogP contribution < -0.4 is 9.47 Å². The summed E-state index contributed by atoms with van der Waals surface area (Å²) >= 11 is 0. The Kier molecular flexibility index (Phi) is 4.69. The van der Waals surface area contributed by atoms with Gasteiger partial charge in [-0.05, 0) is 56.8 Å². The standard InChI is InChI=1S/C24H31NO4/c1-3-4-5-6-7-20(27)28-19-11-8-15-14-17-16-9-10-18(26)23-24(16,12-13-25(17)2)21(15)22(19)29-23/h8,11,16-17,23H,3-7,9-10,12-14H2,1-2H3/t16?,17-,23+,24+/m1/s1. The van der Waals surface area contributed by atoms with E-state index in [-0.39, 0.29) is 17.2 Å². The topological polar surface area (TPSA) is 55.8 Å². The van der Waals surface area contributed by atoms with E-state index in [1.54, 1.807) is 0 Å². The van der Waals surface area contributed by atoms with Gasteiger partial charge in [0.1, 0.15) is 0 Å². The minimum atomic E-state index is -0.407. The summed E-state index contributed by atoms with van der Waals surface area (Å²) in [4.78, 5) is 27.8. The number of ketones is 1. The Bertz CT molecular complexity index is 850. The summed E-state index contributed by atoms with van der Waals surface area (Å²) in [6.45, 7) is 3.14. The summed E-state index contributed by atoms with van der Waals surface area (Å²) < 4.78 is 12.1. The highest BCUT2D eigenvalue weighted by molar-refractivity contribution is 5.89. The van der Waals surface area contributed by atoms with Crippen LogP contribution in [0.3, 0.4) is 0 Å². The third-order valence-electron chi connectivity index (χ3n) is 7.83. The first-order chi connectivity index (χ1) is 14.1. The first-order valence-corrected chi connectivity index (χ1v) is 11.3. The zero-order valence-electron chi connectivity index (χ0n) is 17.5. The number of hydrogen-bond donors (Lipinski definition) is 0. The van der Waals surface area contributed by atoms with Crippen LogP contribution in [0.4, 0.5) is 0 Å². The summed E-state index contributed by atoms with van der Waals surface area (Å²) in [5.74, 6) is 1.64. The molecule has 2 bridgehead atoms. The predicted octanol–water partition coefficient (Wildman–Crippen LogP) is 3.80. The zero-order valence-corrected chi connectivity index (χ0v) is 17.5. The molecule has 0 N–H and O–H groups in total. The molecule has 5 rings (SSSR count). The van der Waals surface area contributed by atoms with Crippen LogP contribution in [0.25, 0.3) is 0 Å². The molecule has 5 heteroatoms. The van der Waals surface area contributed by atoms with Crippen molar-refractivity contribution in [1.82, 2.24) is 4.90 Å². The number of carbonyl (C=O) groups is 2. The molecule has 5 nitrogen and oxygen atoms in total. The van der Waals surface area contributed by atoms with Crippen molar-refractivity contribution in [2.45, 2.75) is 82.3 Å². The molecule has 0 radical (unpaired) electrons. The molecule has 2 aliphatic carbocycles. The van der Waals surface area contributed by atoms with E-state index in [0.29, 0.717) is 36.3 Å². The summed E-state index contributed by atoms with van der Waals surface area (Å²) in [5.41, 5.74) is 2.23. The normalized spacial score (nSPS) is 31.9. The molecule has 156 valence electrons. The van der Waals surface area contributed by atoms with Gasteiger partial charge in [-0.15, -0.1) is 0 Å². The summed E-state index contributed by atoms with van der Waals surface area (Å²) in [6.07, 6.45) is 7.68. The largest absolute Gasteiger partial charge is 0.477 e. The van der Waals surface area contributed by atoms with E-state index in [1.165, 1.54) is 11.1 Å². The SMILES string of the molecule is CCCCCCC(=O)Oc1ccc2c3c1O[C@H]1C(=O)CCC4[C@@H](C2)N(C)CC[C@@]341. The summed E-state index contributed by atoms with van der Waals surface area (Å²) in [6, 6.07) is 4.45. The fourth-order valence-corrected chi connectivity index (χ4v) is 6.46. The molecular formula is C24H31NO4. The first-order valence-electron chi connectivity index (χ1n) is 11.3. The number of likely N-dealkylation sites (tertiary alicyclic amines) is 1. The van der Waals surface area contributed by atoms with Gasteiger partial charge in [-0.2, -0.15) is 0 Å². The van der Waals surface area contributed by atoms with Crippen LogP contribution in [0, 0.1) is 5.92 Å². The van der Waals surface area contributed by atoms with Crippen LogP contribution in [0.2, 0.25) is 0 Å². The van der Waals surface area contributed by atoms with Crippen molar-refractivity contribution in [3.8, 4) is 11.5 Å². The molecule has 1 saturated carbocycles. The minimum Gasteiger partial charge on any atom is -0.477 e. The van der Waals surface area contributed by atoms with Gasteiger partial charge in [0.25, 0.3) is 0 Å². The number of rotatable bonds is 6. The number of piperidine rings is 1. The van der Waals surface area contributed by atoms with Crippen LogP contribution in [0.15, 0.2) is 12.1 Å². The highest BCUT2D eigenvalue weighted by Crippen LogP contribution is 2.63. The molecule has 2 fully saturated rings. The van der Waals surface area contributed by atoms with Gasteiger partial charge in [0.2, 0.25) is 0 Å². The molecule has 0 aromatic heterocycles. The number of unbranched alkanes of at least 4 members (excludes halogenated alkanes) is 3. The number of carbonyl (C=O) groups excluding carboxylic acids is 2. The Morgan fingerprint density at radius 3 is 3.00 bits per heavy atom. The fourth-order valence-electron chi connectivity index (χ4n) is 6.46.